The molecular formula is C60H107NO5. The van der Waals surface area contributed by atoms with Gasteiger partial charge in [0.05, 0.1) is 25.2 Å². The molecule has 0 bridgehead atoms. The minimum Gasteiger partial charge on any atom is -0.461 e. The maximum Gasteiger partial charge on any atom is 0.306 e. The van der Waals surface area contributed by atoms with Gasteiger partial charge in [-0.3, -0.25) is 9.59 Å². The number of ether oxygens (including phenoxy) is 1. The molecule has 382 valence electrons. The molecule has 0 heterocycles. The van der Waals surface area contributed by atoms with Crippen LogP contribution >= 0.6 is 0 Å². The van der Waals surface area contributed by atoms with E-state index in [2.05, 4.69) is 92.9 Å². The third-order valence-electron chi connectivity index (χ3n) is 12.5. The van der Waals surface area contributed by atoms with Crippen LogP contribution in [0.15, 0.2) is 72.9 Å². The van der Waals surface area contributed by atoms with Crippen molar-refractivity contribution in [1.29, 1.82) is 0 Å². The highest BCUT2D eigenvalue weighted by Gasteiger charge is 2.23. The summed E-state index contributed by atoms with van der Waals surface area (Å²) >= 11 is 0. The quantitative estimate of drug-likeness (QED) is 0.0321. The van der Waals surface area contributed by atoms with Crippen LogP contribution in [0.25, 0.3) is 0 Å². The molecule has 6 nitrogen and oxygen atoms in total. The van der Waals surface area contributed by atoms with Gasteiger partial charge in [0.15, 0.2) is 0 Å². The van der Waals surface area contributed by atoms with Gasteiger partial charge in [-0.15, -0.1) is 0 Å². The Hall–Kier alpha value is -2.70. The summed E-state index contributed by atoms with van der Waals surface area (Å²) in [4.78, 5) is 26.2. The van der Waals surface area contributed by atoms with Crippen molar-refractivity contribution in [3.8, 4) is 0 Å². The van der Waals surface area contributed by atoms with Gasteiger partial charge in [0, 0.05) is 12.8 Å². The van der Waals surface area contributed by atoms with Gasteiger partial charge >= 0.3 is 5.97 Å². The van der Waals surface area contributed by atoms with E-state index in [-0.39, 0.29) is 24.9 Å². The van der Waals surface area contributed by atoms with E-state index in [0.29, 0.717) is 19.3 Å². The molecule has 1 amide bonds. The Morgan fingerprint density at radius 2 is 0.848 bits per heavy atom. The van der Waals surface area contributed by atoms with Crippen LogP contribution in [0.4, 0.5) is 0 Å². The van der Waals surface area contributed by atoms with Crippen molar-refractivity contribution < 1.29 is 24.5 Å². The molecule has 0 spiro atoms. The average molecular weight is 923 g/mol. The molecule has 0 aliphatic heterocycles. The van der Waals surface area contributed by atoms with E-state index in [1.807, 2.05) is 6.08 Å². The number of amides is 1. The number of esters is 1. The van der Waals surface area contributed by atoms with Crippen LogP contribution in [-0.4, -0.2) is 46.9 Å². The van der Waals surface area contributed by atoms with E-state index in [4.69, 9.17) is 4.74 Å². The topological polar surface area (TPSA) is 95.9 Å². The first kappa shape index (κ1) is 63.3. The summed E-state index contributed by atoms with van der Waals surface area (Å²) in [6.45, 7) is 6.35. The second kappa shape index (κ2) is 53.3. The predicted molar refractivity (Wildman–Crippen MR) is 287 cm³/mol. The summed E-state index contributed by atoms with van der Waals surface area (Å²) in [5.74, 6) is -0.581. The number of allylic oxidation sites excluding steroid dienone is 11. The van der Waals surface area contributed by atoms with Crippen molar-refractivity contribution in [2.24, 2.45) is 0 Å². The molecule has 66 heavy (non-hydrogen) atoms. The van der Waals surface area contributed by atoms with Crippen molar-refractivity contribution in [1.82, 2.24) is 5.32 Å². The summed E-state index contributed by atoms with van der Waals surface area (Å²) < 4.78 is 5.88. The molecule has 0 saturated heterocycles. The SMILES string of the molecule is CC/C=C\C/C=C\C/C=C\C/C=C\C/C=C\CC(CC(=O)NC(CO)C(O)CCCCCCCCCCCCCCCCCCC)OC(=O)CCCCCCCCC/C=C\CCCCCC. The first-order valence-corrected chi connectivity index (χ1v) is 28.2. The molecule has 0 fully saturated rings. The summed E-state index contributed by atoms with van der Waals surface area (Å²) in [5.41, 5.74) is 0. The standard InChI is InChI=1S/C60H107NO5/c1-4-7-10-13-16-19-22-25-28-29-32-34-37-40-43-46-49-52-58(63)57(55-62)61-59(64)54-56(51-48-45-42-39-36-33-30-26-23-20-17-14-11-8-5-2)66-60(65)53-50-47-44-41-38-35-31-27-24-21-18-15-12-9-6-3/h8,11,17,20-21,24,26,30,36,39,45,48,56-58,62-63H,4-7,9-10,12-16,18-19,22-23,25,27-29,31-35,37-38,40-44,46-47,49-55H2,1-3H3,(H,61,64)/b11-8-,20-17-,24-21-,30-26-,39-36-,48-45-. The molecule has 0 aliphatic rings. The van der Waals surface area contributed by atoms with Gasteiger partial charge in [-0.25, -0.2) is 0 Å². The predicted octanol–water partition coefficient (Wildman–Crippen LogP) is 17.3. The Morgan fingerprint density at radius 3 is 1.29 bits per heavy atom. The lowest BCUT2D eigenvalue weighted by atomic mass is 10.0. The zero-order valence-electron chi connectivity index (χ0n) is 43.6. The molecule has 0 aromatic carbocycles. The Balaban J connectivity index is 4.65. The first-order chi connectivity index (χ1) is 32.5. The van der Waals surface area contributed by atoms with E-state index in [9.17, 15) is 19.8 Å². The van der Waals surface area contributed by atoms with E-state index in [1.54, 1.807) is 0 Å². The van der Waals surface area contributed by atoms with E-state index in [1.165, 1.54) is 154 Å². The number of nitrogens with one attached hydrogen (secondary N) is 1. The highest BCUT2D eigenvalue weighted by Crippen LogP contribution is 2.17. The van der Waals surface area contributed by atoms with Gasteiger partial charge < -0.3 is 20.3 Å². The van der Waals surface area contributed by atoms with E-state index < -0.39 is 18.2 Å². The van der Waals surface area contributed by atoms with Crippen LogP contribution in [0.3, 0.4) is 0 Å². The molecule has 3 unspecified atom stereocenters. The van der Waals surface area contributed by atoms with Crippen LogP contribution in [-0.2, 0) is 14.3 Å². The van der Waals surface area contributed by atoms with Crippen molar-refractivity contribution in [3.63, 3.8) is 0 Å². The summed E-state index contributed by atoms with van der Waals surface area (Å²) in [6.07, 6.45) is 68.4. The number of unbranched alkanes of at least 4 members (excludes halogenated alkanes) is 27. The third-order valence-corrected chi connectivity index (χ3v) is 12.5. The number of rotatable bonds is 50. The molecule has 3 atom stereocenters. The van der Waals surface area contributed by atoms with Gasteiger partial charge in [-0.05, 0) is 70.6 Å². The smallest absolute Gasteiger partial charge is 0.306 e. The minimum atomic E-state index is -0.816. The number of carbonyl (C=O) groups excluding carboxylic acids is 2. The molecule has 6 heteroatoms. The number of aliphatic hydroxyl groups is 2. The van der Waals surface area contributed by atoms with Crippen LogP contribution < -0.4 is 5.32 Å². The number of hydrogen-bond donors (Lipinski definition) is 3. The van der Waals surface area contributed by atoms with Crippen LogP contribution in [0.1, 0.15) is 271 Å². The Bertz CT molecular complexity index is 1220. The average Bonchev–Trinajstić information content (AvgIpc) is 3.31. The van der Waals surface area contributed by atoms with Crippen molar-refractivity contribution in [2.45, 2.75) is 289 Å². The molecule has 0 aliphatic carbocycles. The van der Waals surface area contributed by atoms with E-state index in [0.717, 1.165) is 70.6 Å². The Labute approximate surface area is 409 Å². The fourth-order valence-corrected chi connectivity index (χ4v) is 8.27. The molecular weight excluding hydrogens is 815 g/mol. The fraction of sp³-hybridized carbons (Fsp3) is 0.767. The largest absolute Gasteiger partial charge is 0.461 e. The highest BCUT2D eigenvalue weighted by atomic mass is 16.5. The monoisotopic (exact) mass is 922 g/mol. The van der Waals surface area contributed by atoms with Gasteiger partial charge in [-0.1, -0.05) is 254 Å². The molecule has 0 aromatic heterocycles. The van der Waals surface area contributed by atoms with Gasteiger partial charge in [-0.2, -0.15) is 0 Å². The number of aliphatic hydroxyl groups excluding tert-OH is 2. The Kier molecular flexibility index (Phi) is 51.1. The maximum atomic E-state index is 13.2. The normalized spacial score (nSPS) is 13.7. The van der Waals surface area contributed by atoms with Crippen molar-refractivity contribution in [2.75, 3.05) is 6.61 Å². The lowest BCUT2D eigenvalue weighted by Gasteiger charge is -2.24. The maximum absolute atomic E-state index is 13.2. The summed E-state index contributed by atoms with van der Waals surface area (Å²) in [7, 11) is 0. The highest BCUT2D eigenvalue weighted by molar-refractivity contribution is 5.77. The number of hydrogen-bond acceptors (Lipinski definition) is 5. The summed E-state index contributed by atoms with van der Waals surface area (Å²) in [6, 6.07) is -0.736. The van der Waals surface area contributed by atoms with Gasteiger partial charge in [0.2, 0.25) is 5.91 Å². The summed E-state index contributed by atoms with van der Waals surface area (Å²) in [5, 5.41) is 23.8. The fourth-order valence-electron chi connectivity index (χ4n) is 8.27. The van der Waals surface area contributed by atoms with Gasteiger partial charge in [0.1, 0.15) is 6.10 Å². The third kappa shape index (κ3) is 47.8. The van der Waals surface area contributed by atoms with Crippen LogP contribution in [0.2, 0.25) is 0 Å². The number of carbonyl (C=O) groups is 2. The van der Waals surface area contributed by atoms with Crippen LogP contribution in [0, 0.1) is 0 Å². The second-order valence-electron chi connectivity index (χ2n) is 19.0. The van der Waals surface area contributed by atoms with Crippen molar-refractivity contribution >= 4 is 11.9 Å². The zero-order chi connectivity index (χ0) is 48.1. The zero-order valence-corrected chi connectivity index (χ0v) is 43.6. The lowest BCUT2D eigenvalue weighted by Crippen LogP contribution is -2.46. The Morgan fingerprint density at radius 1 is 0.470 bits per heavy atom. The van der Waals surface area contributed by atoms with Crippen molar-refractivity contribution in [3.05, 3.63) is 72.9 Å². The van der Waals surface area contributed by atoms with E-state index >= 15 is 0 Å². The minimum absolute atomic E-state index is 0.00353. The molecule has 0 radical (unpaired) electrons. The van der Waals surface area contributed by atoms with Crippen LogP contribution in [0.5, 0.6) is 0 Å². The molecule has 3 N–H and O–H groups in total. The molecule has 0 aromatic rings. The molecule has 0 rings (SSSR count). The molecule has 0 saturated carbocycles. The lowest BCUT2D eigenvalue weighted by molar-refractivity contribution is -0.150. The first-order valence-electron chi connectivity index (χ1n) is 28.2. The second-order valence-corrected chi connectivity index (χ2v) is 19.0. The van der Waals surface area contributed by atoms with Gasteiger partial charge in [0.25, 0.3) is 0 Å².